The maximum Gasteiger partial charge on any atom is 0.244 e. The lowest BCUT2D eigenvalue weighted by molar-refractivity contribution is -0.687. The molecule has 0 saturated carbocycles. The quantitative estimate of drug-likeness (QED) is 0.419. The molecule has 0 aliphatic rings. The molecule has 0 aliphatic carbocycles. The van der Waals surface area contributed by atoms with Gasteiger partial charge in [0, 0.05) is 12.7 Å². The molecule has 144 valence electrons. The van der Waals surface area contributed by atoms with E-state index in [4.69, 9.17) is 19.1 Å². The lowest BCUT2D eigenvalue weighted by atomic mass is 10.2. The van der Waals surface area contributed by atoms with E-state index in [0.717, 1.165) is 18.7 Å². The van der Waals surface area contributed by atoms with Crippen LogP contribution in [-0.4, -0.2) is 37.9 Å². The number of benzene rings is 1. The molecule has 1 atom stereocenters. The van der Waals surface area contributed by atoms with Gasteiger partial charge >= 0.3 is 0 Å². The Kier molecular flexibility index (Phi) is 9.69. The molecule has 1 unspecified atom stereocenters. The van der Waals surface area contributed by atoms with Crippen LogP contribution in [0.2, 0.25) is 0 Å². The van der Waals surface area contributed by atoms with Crippen LogP contribution >= 0.6 is 8.60 Å². The summed E-state index contributed by atoms with van der Waals surface area (Å²) < 4.78 is 24.0. The van der Waals surface area contributed by atoms with Crippen molar-refractivity contribution in [3.63, 3.8) is 0 Å². The van der Waals surface area contributed by atoms with Crippen molar-refractivity contribution in [2.24, 2.45) is 0 Å². The van der Waals surface area contributed by atoms with E-state index in [9.17, 15) is 4.89 Å². The summed E-state index contributed by atoms with van der Waals surface area (Å²) in [6.07, 6.45) is 7.93. The molecule has 0 spiro atoms. The van der Waals surface area contributed by atoms with Crippen LogP contribution in [0.4, 0.5) is 0 Å². The first-order valence-corrected chi connectivity index (χ1v) is 8.76. The van der Waals surface area contributed by atoms with Gasteiger partial charge in [-0.2, -0.15) is 0 Å². The molecule has 0 radical (unpaired) electrons. The largest absolute Gasteiger partial charge is 0.786 e. The van der Waals surface area contributed by atoms with Crippen LogP contribution in [0.3, 0.4) is 0 Å². The SMILES string of the molecule is C=CCn1cc[n+](Cc2cc(OC)c(OC)c(OC)c2)c1.COP([O-])O. The number of methoxy groups -OCH3 is 3. The number of rotatable bonds is 8. The summed E-state index contributed by atoms with van der Waals surface area (Å²) in [4.78, 5) is 16.9. The molecular formula is C17H25N2O6P. The molecule has 9 heteroatoms. The van der Waals surface area contributed by atoms with Gasteiger partial charge in [0.15, 0.2) is 11.5 Å². The lowest BCUT2D eigenvalue weighted by Gasteiger charge is -2.13. The first-order chi connectivity index (χ1) is 12.5. The summed E-state index contributed by atoms with van der Waals surface area (Å²) >= 11 is 0. The van der Waals surface area contributed by atoms with Gasteiger partial charge in [0.05, 0.1) is 29.9 Å². The van der Waals surface area contributed by atoms with Crippen LogP contribution in [-0.2, 0) is 17.6 Å². The van der Waals surface area contributed by atoms with E-state index in [1.807, 2.05) is 36.9 Å². The molecule has 0 fully saturated rings. The van der Waals surface area contributed by atoms with Crippen molar-refractivity contribution < 1.29 is 33.1 Å². The van der Waals surface area contributed by atoms with E-state index < -0.39 is 8.60 Å². The number of imidazole rings is 1. The zero-order valence-electron chi connectivity index (χ0n) is 15.4. The van der Waals surface area contributed by atoms with E-state index >= 15 is 0 Å². The molecule has 0 saturated heterocycles. The van der Waals surface area contributed by atoms with Gasteiger partial charge < -0.3 is 28.5 Å². The molecule has 26 heavy (non-hydrogen) atoms. The fourth-order valence-electron chi connectivity index (χ4n) is 2.23. The normalized spacial score (nSPS) is 11.2. The molecule has 1 aromatic heterocycles. The molecule has 0 bridgehead atoms. The minimum absolute atomic E-state index is 0.609. The van der Waals surface area contributed by atoms with Crippen LogP contribution in [0.15, 0.2) is 43.5 Å². The van der Waals surface area contributed by atoms with Crippen molar-refractivity contribution in [2.45, 2.75) is 13.1 Å². The first-order valence-electron chi connectivity index (χ1n) is 7.63. The van der Waals surface area contributed by atoms with Crippen LogP contribution in [0.1, 0.15) is 5.56 Å². The van der Waals surface area contributed by atoms with Crippen molar-refractivity contribution in [2.75, 3.05) is 28.4 Å². The summed E-state index contributed by atoms with van der Waals surface area (Å²) in [5.74, 6) is 1.94. The van der Waals surface area contributed by atoms with Crippen LogP contribution in [0.5, 0.6) is 17.2 Å². The predicted octanol–water partition coefficient (Wildman–Crippen LogP) is 1.25. The Morgan fingerprint density at radius 2 is 1.77 bits per heavy atom. The summed E-state index contributed by atoms with van der Waals surface area (Å²) in [5, 5.41) is 0. The average molecular weight is 384 g/mol. The molecule has 2 rings (SSSR count). The van der Waals surface area contributed by atoms with Gasteiger partial charge in [-0.15, -0.1) is 0 Å². The Hall–Kier alpha value is -2.12. The minimum atomic E-state index is -2.35. The van der Waals surface area contributed by atoms with Crippen molar-refractivity contribution >= 4 is 8.60 Å². The summed E-state index contributed by atoms with van der Waals surface area (Å²) in [6, 6.07) is 3.92. The highest BCUT2D eigenvalue weighted by Gasteiger charge is 2.14. The third-order valence-corrected chi connectivity index (χ3v) is 3.64. The number of allylic oxidation sites excluding steroid dienone is 1. The Morgan fingerprint density at radius 3 is 2.19 bits per heavy atom. The van der Waals surface area contributed by atoms with Gasteiger partial charge in [-0.25, -0.2) is 9.13 Å². The predicted molar refractivity (Wildman–Crippen MR) is 96.2 cm³/mol. The number of ether oxygens (including phenoxy) is 3. The highest BCUT2D eigenvalue weighted by Crippen LogP contribution is 2.38. The van der Waals surface area contributed by atoms with Crippen molar-refractivity contribution in [1.29, 1.82) is 0 Å². The van der Waals surface area contributed by atoms with E-state index in [1.54, 1.807) is 21.3 Å². The fourth-order valence-corrected chi connectivity index (χ4v) is 2.23. The summed E-state index contributed by atoms with van der Waals surface area (Å²) in [6.45, 7) is 5.25. The van der Waals surface area contributed by atoms with Gasteiger partial charge in [0.25, 0.3) is 0 Å². The number of nitrogens with zero attached hydrogens (tertiary/aromatic N) is 2. The Bertz CT molecular complexity index is 665. The Balaban J connectivity index is 0.000000597. The maximum atomic E-state index is 9.29. The van der Waals surface area contributed by atoms with Gasteiger partial charge in [-0.3, -0.25) is 0 Å². The van der Waals surface area contributed by atoms with Crippen molar-refractivity contribution in [3.8, 4) is 17.2 Å². The van der Waals surface area contributed by atoms with Crippen molar-refractivity contribution in [1.82, 2.24) is 4.57 Å². The highest BCUT2D eigenvalue weighted by atomic mass is 31.2. The van der Waals surface area contributed by atoms with Gasteiger partial charge in [0.1, 0.15) is 25.5 Å². The molecule has 1 N–H and O–H groups in total. The molecule has 0 amide bonds. The van der Waals surface area contributed by atoms with E-state index in [-0.39, 0.29) is 0 Å². The third-order valence-electron chi connectivity index (χ3n) is 3.33. The monoisotopic (exact) mass is 384 g/mol. The highest BCUT2D eigenvalue weighted by molar-refractivity contribution is 7.37. The third kappa shape index (κ3) is 6.65. The minimum Gasteiger partial charge on any atom is -0.786 e. The molecule has 2 aromatic rings. The topological polar surface area (TPSA) is 89.0 Å². The van der Waals surface area contributed by atoms with E-state index in [0.29, 0.717) is 17.2 Å². The average Bonchev–Trinajstić information content (AvgIpc) is 3.08. The number of hydrogen-bond acceptors (Lipinski definition) is 6. The standard InChI is InChI=1S/C16H21N2O3.CH4O3P/c1-5-6-17-7-8-18(12-17)11-13-9-14(19-2)16(21-4)15(10-13)20-3;1-4-5(2)3/h5,7-10,12H,1,6,11H2,2-4H3;2H,1H3/q+1;-1. The second kappa shape index (κ2) is 11.5. The smallest absolute Gasteiger partial charge is 0.244 e. The van der Waals surface area contributed by atoms with Crippen molar-refractivity contribution in [3.05, 3.63) is 49.1 Å². The van der Waals surface area contributed by atoms with E-state index in [2.05, 4.69) is 20.2 Å². The van der Waals surface area contributed by atoms with Crippen LogP contribution in [0.25, 0.3) is 0 Å². The first kappa shape index (κ1) is 21.9. The fraction of sp³-hybridized carbons (Fsp3) is 0.353. The Morgan fingerprint density at radius 1 is 1.19 bits per heavy atom. The lowest BCUT2D eigenvalue weighted by Crippen LogP contribution is -2.31. The zero-order valence-corrected chi connectivity index (χ0v) is 16.3. The van der Waals surface area contributed by atoms with Crippen LogP contribution < -0.4 is 23.7 Å². The van der Waals surface area contributed by atoms with Gasteiger partial charge in [-0.05, 0) is 12.1 Å². The number of hydrogen-bond donors (Lipinski definition) is 1. The molecule has 0 aliphatic heterocycles. The zero-order chi connectivity index (χ0) is 19.5. The maximum absolute atomic E-state index is 9.29. The molecule has 1 heterocycles. The Labute approximate surface area is 154 Å². The summed E-state index contributed by atoms with van der Waals surface area (Å²) in [7, 11) is 3.66. The second-order valence-corrected chi connectivity index (χ2v) is 5.87. The van der Waals surface area contributed by atoms with Gasteiger partial charge in [-0.1, -0.05) is 12.7 Å². The molecule has 8 nitrogen and oxygen atoms in total. The van der Waals surface area contributed by atoms with Gasteiger partial charge in [0.2, 0.25) is 12.1 Å². The molecule has 1 aromatic carbocycles. The second-order valence-electron chi connectivity index (χ2n) is 5.03. The van der Waals surface area contributed by atoms with E-state index in [1.165, 1.54) is 7.11 Å². The molecular weight excluding hydrogens is 359 g/mol. The van der Waals surface area contributed by atoms with Crippen LogP contribution in [0, 0.1) is 0 Å². The summed E-state index contributed by atoms with van der Waals surface area (Å²) in [5.41, 5.74) is 1.07. The number of aromatic nitrogens is 2.